The van der Waals surface area contributed by atoms with Crippen LogP contribution in [0.15, 0.2) is 36.4 Å². The van der Waals surface area contributed by atoms with E-state index in [9.17, 15) is 13.6 Å². The number of hydrogen-bond donors (Lipinski definition) is 0. The molecule has 0 N–H and O–H groups in total. The van der Waals surface area contributed by atoms with E-state index in [2.05, 4.69) is 16.9 Å². The maximum atomic E-state index is 14.9. The quantitative estimate of drug-likeness (QED) is 0.372. The second kappa shape index (κ2) is 11.3. The number of amides is 1. The summed E-state index contributed by atoms with van der Waals surface area (Å²) in [5.41, 5.74) is 2.34. The normalized spacial score (nSPS) is 22.2. The molecule has 1 amide bonds. The molecular weight excluding hydrogens is 520 g/mol. The molecule has 3 aromatic rings. The minimum atomic E-state index is -0.599. The molecule has 2 aromatic carbocycles. The van der Waals surface area contributed by atoms with Gasteiger partial charge in [-0.15, -0.1) is 0 Å². The van der Waals surface area contributed by atoms with Crippen molar-refractivity contribution in [3.63, 3.8) is 0 Å². The number of aryl methyl sites for hydroxylation is 2. The predicted octanol–water partition coefficient (Wildman–Crippen LogP) is 6.04. The van der Waals surface area contributed by atoms with Crippen molar-refractivity contribution in [1.82, 2.24) is 24.6 Å². The maximum Gasteiger partial charge on any atom is 0.226 e. The molecule has 2 heterocycles. The fraction of sp³-hybridized carbons (Fsp3) is 0.500. The number of nitrogens with zero attached hydrogens (tertiary/aromatic N) is 5. The van der Waals surface area contributed by atoms with Gasteiger partial charge in [0.1, 0.15) is 23.3 Å². The molecule has 9 heteroatoms. The van der Waals surface area contributed by atoms with Crippen molar-refractivity contribution in [2.45, 2.75) is 64.3 Å². The minimum Gasteiger partial charge on any atom is -0.342 e. The predicted molar refractivity (Wildman–Crippen MR) is 148 cm³/mol. The summed E-state index contributed by atoms with van der Waals surface area (Å²) in [6.45, 7) is 8.01. The van der Waals surface area contributed by atoms with Gasteiger partial charge in [0.25, 0.3) is 0 Å². The van der Waals surface area contributed by atoms with Crippen LogP contribution in [0.4, 0.5) is 8.78 Å². The number of likely N-dealkylation sites (tertiary alicyclic amines) is 1. The molecule has 1 aliphatic carbocycles. The van der Waals surface area contributed by atoms with Crippen molar-refractivity contribution < 1.29 is 13.6 Å². The van der Waals surface area contributed by atoms with Crippen molar-refractivity contribution >= 4 is 17.5 Å². The molecule has 0 radical (unpaired) electrons. The zero-order chi connectivity index (χ0) is 27.8. The Morgan fingerprint density at radius 2 is 1.85 bits per heavy atom. The van der Waals surface area contributed by atoms with Crippen LogP contribution in [-0.2, 0) is 4.79 Å². The van der Waals surface area contributed by atoms with Crippen LogP contribution in [0.25, 0.3) is 5.69 Å². The van der Waals surface area contributed by atoms with Gasteiger partial charge < -0.3 is 9.80 Å². The molecule has 1 aliphatic heterocycles. The second-order valence-corrected chi connectivity index (χ2v) is 11.4. The molecule has 1 saturated carbocycles. The van der Waals surface area contributed by atoms with Gasteiger partial charge in [-0.2, -0.15) is 5.10 Å². The molecule has 5 rings (SSSR count). The van der Waals surface area contributed by atoms with Gasteiger partial charge in [0.15, 0.2) is 0 Å². The van der Waals surface area contributed by atoms with E-state index in [1.54, 1.807) is 0 Å². The third-order valence-corrected chi connectivity index (χ3v) is 9.06. The van der Waals surface area contributed by atoms with Gasteiger partial charge in [-0.1, -0.05) is 24.6 Å². The van der Waals surface area contributed by atoms with Crippen molar-refractivity contribution in [3.05, 3.63) is 75.8 Å². The fourth-order valence-corrected chi connectivity index (χ4v) is 6.40. The average molecular weight is 556 g/mol. The first-order valence-corrected chi connectivity index (χ1v) is 14.2. The summed E-state index contributed by atoms with van der Waals surface area (Å²) in [5.74, 6) is 0.0774. The summed E-state index contributed by atoms with van der Waals surface area (Å²) in [7, 11) is 2.04. The highest BCUT2D eigenvalue weighted by atomic mass is 35.5. The molecule has 6 nitrogen and oxygen atoms in total. The third-order valence-electron chi connectivity index (χ3n) is 8.63. The van der Waals surface area contributed by atoms with Gasteiger partial charge in [0, 0.05) is 42.1 Å². The first-order valence-electron chi connectivity index (χ1n) is 13.8. The van der Waals surface area contributed by atoms with Crippen molar-refractivity contribution in [2.24, 2.45) is 5.92 Å². The van der Waals surface area contributed by atoms with E-state index < -0.39 is 11.6 Å². The third kappa shape index (κ3) is 5.59. The monoisotopic (exact) mass is 555 g/mol. The highest BCUT2D eigenvalue weighted by Crippen LogP contribution is 2.44. The van der Waals surface area contributed by atoms with E-state index in [0.717, 1.165) is 42.5 Å². The van der Waals surface area contributed by atoms with Crippen LogP contribution in [0, 0.1) is 31.4 Å². The molecule has 2 fully saturated rings. The molecule has 0 bridgehead atoms. The number of rotatable bonds is 6. The number of carbonyl (C=O) groups excluding carboxylic acids is 1. The molecule has 0 spiro atoms. The molecule has 1 saturated heterocycles. The Bertz CT molecular complexity index is 1350. The minimum absolute atomic E-state index is 0.0696. The smallest absolute Gasteiger partial charge is 0.226 e. The Labute approximate surface area is 234 Å². The largest absolute Gasteiger partial charge is 0.342 e. The van der Waals surface area contributed by atoms with E-state index in [1.807, 2.05) is 48.7 Å². The van der Waals surface area contributed by atoms with Crippen LogP contribution < -0.4 is 0 Å². The highest BCUT2D eigenvalue weighted by molar-refractivity contribution is 6.31. The molecule has 208 valence electrons. The molecule has 3 atom stereocenters. The van der Waals surface area contributed by atoms with E-state index in [4.69, 9.17) is 16.6 Å². The summed E-state index contributed by atoms with van der Waals surface area (Å²) in [6, 6.07) is 9.76. The van der Waals surface area contributed by atoms with Crippen molar-refractivity contribution in [2.75, 3.05) is 26.7 Å². The summed E-state index contributed by atoms with van der Waals surface area (Å²) in [4.78, 5) is 22.8. The van der Waals surface area contributed by atoms with Gasteiger partial charge in [-0.05, 0) is 94.4 Å². The fourth-order valence-electron chi connectivity index (χ4n) is 6.29. The number of aromatic nitrogens is 3. The first-order chi connectivity index (χ1) is 18.7. The van der Waals surface area contributed by atoms with E-state index >= 15 is 0 Å². The van der Waals surface area contributed by atoms with E-state index in [1.165, 1.54) is 12.1 Å². The number of piperidine rings is 1. The summed E-state index contributed by atoms with van der Waals surface area (Å²) in [5, 5.41) is 5.36. The van der Waals surface area contributed by atoms with Gasteiger partial charge in [-0.25, -0.2) is 18.4 Å². The van der Waals surface area contributed by atoms with Crippen LogP contribution in [0.3, 0.4) is 0 Å². The first kappa shape index (κ1) is 27.7. The van der Waals surface area contributed by atoms with Crippen LogP contribution in [0.2, 0.25) is 5.02 Å². The van der Waals surface area contributed by atoms with Crippen LogP contribution in [-0.4, -0.2) is 63.2 Å². The van der Waals surface area contributed by atoms with Crippen molar-refractivity contribution in [1.29, 1.82) is 0 Å². The molecular formula is C30H36ClF2N5O. The molecule has 1 aromatic heterocycles. The zero-order valence-corrected chi connectivity index (χ0v) is 23.8. The van der Waals surface area contributed by atoms with Crippen molar-refractivity contribution in [3.8, 4) is 5.69 Å². The number of benzene rings is 2. The van der Waals surface area contributed by atoms with Gasteiger partial charge in [0.05, 0.1) is 5.69 Å². The number of carbonyl (C=O) groups is 1. The summed E-state index contributed by atoms with van der Waals surface area (Å²) < 4.78 is 30.4. The lowest BCUT2D eigenvalue weighted by atomic mass is 9.86. The topological polar surface area (TPSA) is 54.3 Å². The van der Waals surface area contributed by atoms with Gasteiger partial charge in [-0.3, -0.25) is 4.79 Å². The Balaban J connectivity index is 1.33. The van der Waals surface area contributed by atoms with Gasteiger partial charge >= 0.3 is 0 Å². The maximum absolute atomic E-state index is 14.9. The Kier molecular flexibility index (Phi) is 8.06. The second-order valence-electron chi connectivity index (χ2n) is 11.0. The van der Waals surface area contributed by atoms with E-state index in [0.29, 0.717) is 42.3 Å². The summed E-state index contributed by atoms with van der Waals surface area (Å²) in [6.07, 6.45) is 2.91. The van der Waals surface area contributed by atoms with Crippen LogP contribution in [0.5, 0.6) is 0 Å². The Hall–Kier alpha value is -2.84. The average Bonchev–Trinajstić information content (AvgIpc) is 3.54. The zero-order valence-electron chi connectivity index (χ0n) is 23.0. The van der Waals surface area contributed by atoms with Gasteiger partial charge in [0.2, 0.25) is 5.91 Å². The molecule has 2 aliphatic rings. The standard InChI is InChI=1S/C30H36ClF2N5O/c1-5-36(4)23-16-25(24-8-6-21(32)15-28(24)33)26(17-23)30(39)37-12-10-20(11-13-37)29-34-19(3)35-38(29)22-7-9-27(31)18(2)14-22/h6-9,14-15,20,23,25-26H,5,10-13,16-17H2,1-4H3. The van der Waals surface area contributed by atoms with Crippen LogP contribution in [0.1, 0.15) is 67.2 Å². The SMILES string of the molecule is CCN(C)C1CC(C(=O)N2CCC(c3nc(C)nn3-c3ccc(Cl)c(C)c3)CC2)C(c2ccc(F)cc2F)C1. The molecule has 39 heavy (non-hydrogen) atoms. The Morgan fingerprint density at radius 3 is 2.51 bits per heavy atom. The lowest BCUT2D eigenvalue weighted by Gasteiger charge is -2.34. The Morgan fingerprint density at radius 1 is 1.10 bits per heavy atom. The lowest BCUT2D eigenvalue weighted by molar-refractivity contribution is -0.137. The number of halogens is 3. The number of hydrogen-bond acceptors (Lipinski definition) is 4. The molecule has 3 unspecified atom stereocenters. The van der Waals surface area contributed by atoms with Crippen LogP contribution >= 0.6 is 11.6 Å². The lowest BCUT2D eigenvalue weighted by Crippen LogP contribution is -2.42. The van der Waals surface area contributed by atoms with E-state index in [-0.39, 0.29) is 29.7 Å². The summed E-state index contributed by atoms with van der Waals surface area (Å²) >= 11 is 6.24. The highest BCUT2D eigenvalue weighted by Gasteiger charge is 2.44.